The van der Waals surface area contributed by atoms with Crippen LogP contribution >= 0.6 is 0 Å². The number of methoxy groups -OCH3 is 1. The molecule has 0 atom stereocenters. The smallest absolute Gasteiger partial charge is 0.247 e. The van der Waals surface area contributed by atoms with Gasteiger partial charge in [-0.1, -0.05) is 24.8 Å². The number of anilines is 4. The van der Waals surface area contributed by atoms with Gasteiger partial charge >= 0.3 is 0 Å². The van der Waals surface area contributed by atoms with E-state index in [9.17, 15) is 4.79 Å². The lowest BCUT2D eigenvalue weighted by Gasteiger charge is -2.26. The summed E-state index contributed by atoms with van der Waals surface area (Å²) in [7, 11) is 7.66. The number of hydrogen-bond acceptors (Lipinski definition) is 7. The fourth-order valence-corrected chi connectivity index (χ4v) is 4.81. The first-order valence-corrected chi connectivity index (χ1v) is 12.6. The summed E-state index contributed by atoms with van der Waals surface area (Å²) in [4.78, 5) is 25.8. The number of likely N-dealkylation sites (N-methyl/N-ethyl adjacent to an activating group) is 2. The van der Waals surface area contributed by atoms with Crippen LogP contribution in [0, 0.1) is 0 Å². The molecule has 3 heterocycles. The topological polar surface area (TPSA) is 87.5 Å². The van der Waals surface area contributed by atoms with Crippen molar-refractivity contribution in [1.82, 2.24) is 19.4 Å². The molecule has 2 aromatic carbocycles. The maximum Gasteiger partial charge on any atom is 0.247 e. The van der Waals surface area contributed by atoms with Gasteiger partial charge in [0, 0.05) is 67.5 Å². The molecule has 4 aromatic rings. The predicted molar refractivity (Wildman–Crippen MR) is 154 cm³/mol. The SMILES string of the molecule is C=CC(=O)Nc1cc(Nc2nccc(-c3c4n(c5ccccc35)CC4)n2)c(OC)cc1N(C)CCN(C)C. The van der Waals surface area contributed by atoms with Crippen molar-refractivity contribution in [2.75, 3.05) is 56.9 Å². The van der Waals surface area contributed by atoms with E-state index in [0.29, 0.717) is 23.1 Å². The number of rotatable bonds is 10. The quantitative estimate of drug-likeness (QED) is 0.303. The van der Waals surface area contributed by atoms with Gasteiger partial charge < -0.3 is 29.7 Å². The zero-order chi connectivity index (χ0) is 26.8. The third-order valence-electron chi connectivity index (χ3n) is 6.86. The molecule has 0 bridgehead atoms. The summed E-state index contributed by atoms with van der Waals surface area (Å²) in [6.07, 6.45) is 4.05. The summed E-state index contributed by atoms with van der Waals surface area (Å²) in [6.45, 7) is 6.24. The number of ether oxygens (including phenoxy) is 1. The second-order valence-corrected chi connectivity index (χ2v) is 9.62. The van der Waals surface area contributed by atoms with E-state index >= 15 is 0 Å². The zero-order valence-electron chi connectivity index (χ0n) is 22.3. The third kappa shape index (κ3) is 4.80. The molecule has 5 rings (SSSR count). The first-order valence-electron chi connectivity index (χ1n) is 12.6. The molecule has 196 valence electrons. The molecular formula is C29H33N7O2. The number of nitrogens with one attached hydrogen (secondary N) is 2. The molecule has 1 amide bonds. The number of amides is 1. The highest BCUT2D eigenvalue weighted by Crippen LogP contribution is 2.40. The van der Waals surface area contributed by atoms with Gasteiger partial charge in [0.05, 0.1) is 29.9 Å². The molecule has 0 aliphatic carbocycles. The predicted octanol–water partition coefficient (Wildman–Crippen LogP) is 4.53. The first kappa shape index (κ1) is 25.3. The van der Waals surface area contributed by atoms with Gasteiger partial charge in [-0.2, -0.15) is 0 Å². The van der Waals surface area contributed by atoms with Crippen LogP contribution in [0.5, 0.6) is 5.75 Å². The molecular weight excluding hydrogens is 478 g/mol. The fraction of sp³-hybridized carbons (Fsp3) is 0.276. The van der Waals surface area contributed by atoms with Gasteiger partial charge in [-0.05, 0) is 38.4 Å². The van der Waals surface area contributed by atoms with E-state index < -0.39 is 0 Å². The number of para-hydroxylation sites is 1. The summed E-state index contributed by atoms with van der Waals surface area (Å²) >= 11 is 0. The monoisotopic (exact) mass is 511 g/mol. The summed E-state index contributed by atoms with van der Waals surface area (Å²) < 4.78 is 8.08. The Bertz CT molecular complexity index is 1510. The van der Waals surface area contributed by atoms with E-state index in [1.54, 1.807) is 13.3 Å². The number of benzene rings is 2. The Hall–Kier alpha value is -4.37. The molecule has 2 aromatic heterocycles. The summed E-state index contributed by atoms with van der Waals surface area (Å²) in [5, 5.41) is 7.44. The van der Waals surface area contributed by atoms with Crippen LogP contribution in [0.15, 0.2) is 61.3 Å². The minimum atomic E-state index is -0.292. The highest BCUT2D eigenvalue weighted by Gasteiger charge is 2.25. The van der Waals surface area contributed by atoms with Gasteiger partial charge in [-0.25, -0.2) is 9.97 Å². The van der Waals surface area contributed by atoms with Crippen LogP contribution in [-0.2, 0) is 17.8 Å². The van der Waals surface area contributed by atoms with Crippen molar-refractivity contribution in [2.24, 2.45) is 0 Å². The summed E-state index contributed by atoms with van der Waals surface area (Å²) in [6, 6.07) is 14.1. The number of nitrogens with zero attached hydrogens (tertiary/aromatic N) is 5. The van der Waals surface area contributed by atoms with E-state index in [4.69, 9.17) is 9.72 Å². The Kier molecular flexibility index (Phi) is 7.02. The second kappa shape index (κ2) is 10.5. The Morgan fingerprint density at radius 2 is 1.97 bits per heavy atom. The molecule has 0 unspecified atom stereocenters. The molecule has 0 spiro atoms. The lowest BCUT2D eigenvalue weighted by Crippen LogP contribution is -2.29. The summed E-state index contributed by atoms with van der Waals surface area (Å²) in [5.74, 6) is 0.764. The van der Waals surface area contributed by atoms with Gasteiger partial charge in [-0.3, -0.25) is 4.79 Å². The maximum atomic E-state index is 12.3. The number of aromatic nitrogens is 3. The lowest BCUT2D eigenvalue weighted by molar-refractivity contribution is -0.111. The second-order valence-electron chi connectivity index (χ2n) is 9.62. The van der Waals surface area contributed by atoms with Crippen LogP contribution in [0.1, 0.15) is 5.69 Å². The molecule has 9 nitrogen and oxygen atoms in total. The molecule has 38 heavy (non-hydrogen) atoms. The number of aryl methyl sites for hydroxylation is 1. The van der Waals surface area contributed by atoms with Crippen LogP contribution < -0.4 is 20.3 Å². The minimum Gasteiger partial charge on any atom is -0.494 e. The number of hydrogen-bond donors (Lipinski definition) is 2. The molecule has 2 N–H and O–H groups in total. The Balaban J connectivity index is 1.51. The van der Waals surface area contributed by atoms with Crippen LogP contribution in [-0.4, -0.2) is 66.7 Å². The van der Waals surface area contributed by atoms with Gasteiger partial charge in [0.1, 0.15) is 5.75 Å². The zero-order valence-corrected chi connectivity index (χ0v) is 22.3. The normalized spacial score (nSPS) is 12.1. The third-order valence-corrected chi connectivity index (χ3v) is 6.86. The van der Waals surface area contributed by atoms with Gasteiger partial charge in [0.15, 0.2) is 0 Å². The molecule has 1 aliphatic heterocycles. The molecule has 0 saturated carbocycles. The molecule has 0 fully saturated rings. The molecule has 0 radical (unpaired) electrons. The average molecular weight is 512 g/mol. The van der Waals surface area contributed by atoms with Gasteiger partial charge in [0.25, 0.3) is 0 Å². The van der Waals surface area contributed by atoms with Crippen LogP contribution in [0.4, 0.5) is 23.0 Å². The molecule has 1 aliphatic rings. The van der Waals surface area contributed by atoms with E-state index in [2.05, 4.69) is 60.8 Å². The van der Waals surface area contributed by atoms with Gasteiger partial charge in [-0.15, -0.1) is 0 Å². The van der Waals surface area contributed by atoms with Crippen molar-refractivity contribution in [3.63, 3.8) is 0 Å². The van der Waals surface area contributed by atoms with Crippen molar-refractivity contribution in [3.05, 3.63) is 67.0 Å². The Labute approximate surface area is 222 Å². The largest absolute Gasteiger partial charge is 0.494 e. The fourth-order valence-electron chi connectivity index (χ4n) is 4.81. The molecule has 0 saturated heterocycles. The van der Waals surface area contributed by atoms with Crippen molar-refractivity contribution >= 4 is 39.8 Å². The van der Waals surface area contributed by atoms with E-state index in [1.807, 2.05) is 39.3 Å². The minimum absolute atomic E-state index is 0.292. The van der Waals surface area contributed by atoms with Crippen molar-refractivity contribution in [1.29, 1.82) is 0 Å². The van der Waals surface area contributed by atoms with Crippen LogP contribution in [0.25, 0.3) is 22.2 Å². The highest BCUT2D eigenvalue weighted by atomic mass is 16.5. The van der Waals surface area contributed by atoms with Crippen LogP contribution in [0.2, 0.25) is 0 Å². The number of fused-ring (bicyclic) bond motifs is 3. The van der Waals surface area contributed by atoms with Crippen LogP contribution in [0.3, 0.4) is 0 Å². The van der Waals surface area contributed by atoms with Crippen molar-refractivity contribution < 1.29 is 9.53 Å². The Morgan fingerprint density at radius 1 is 1.16 bits per heavy atom. The number of carbonyl (C=O) groups excluding carboxylic acids is 1. The maximum absolute atomic E-state index is 12.3. The first-order chi connectivity index (χ1) is 18.4. The number of carbonyl (C=O) groups is 1. The van der Waals surface area contributed by atoms with Crippen molar-refractivity contribution in [3.8, 4) is 17.0 Å². The lowest BCUT2D eigenvalue weighted by atomic mass is 10.0. The van der Waals surface area contributed by atoms with Gasteiger partial charge in [0.2, 0.25) is 11.9 Å². The molecule has 9 heteroatoms. The average Bonchev–Trinajstić information content (AvgIpc) is 3.12. The van der Waals surface area contributed by atoms with E-state index in [-0.39, 0.29) is 5.91 Å². The van der Waals surface area contributed by atoms with E-state index in [1.165, 1.54) is 22.7 Å². The standard InChI is InChI=1S/C29H33N7O2/c1-6-27(37)31-21-17-22(26(38-5)18-25(21)35(4)16-15-34(2)3)33-29-30-13-11-20(32-29)28-19-9-7-8-10-23(19)36-14-12-24(28)36/h6-11,13,17-18H,1,12,14-16H2,2-5H3,(H,31,37)(H,30,32,33). The summed E-state index contributed by atoms with van der Waals surface area (Å²) in [5.41, 5.74) is 6.66. The van der Waals surface area contributed by atoms with E-state index in [0.717, 1.165) is 43.0 Å². The van der Waals surface area contributed by atoms with Crippen molar-refractivity contribution in [2.45, 2.75) is 13.0 Å². The highest BCUT2D eigenvalue weighted by molar-refractivity contribution is 6.02. The Morgan fingerprint density at radius 3 is 2.68 bits per heavy atom.